The molecule has 0 aromatic heterocycles. The maximum atomic E-state index is 11.4. The number of halogens is 1. The van der Waals surface area contributed by atoms with E-state index in [4.69, 9.17) is 12.2 Å². The molecule has 0 radical (unpaired) electrons. The second kappa shape index (κ2) is 4.93. The molecular weight excluding hydrogens is 288 g/mol. The van der Waals surface area contributed by atoms with Crippen LogP contribution in [0.1, 0.15) is 12.8 Å². The van der Waals surface area contributed by atoms with Crippen LogP contribution >= 0.6 is 28.1 Å². The molecule has 3 nitrogen and oxygen atoms in total. The van der Waals surface area contributed by atoms with Gasteiger partial charge in [-0.25, -0.2) is 0 Å². The van der Waals surface area contributed by atoms with Crippen molar-refractivity contribution in [2.75, 3.05) is 5.32 Å². The van der Waals surface area contributed by atoms with Crippen molar-refractivity contribution >= 4 is 44.9 Å². The van der Waals surface area contributed by atoms with Gasteiger partial charge in [0, 0.05) is 16.1 Å². The molecule has 1 aliphatic rings. The van der Waals surface area contributed by atoms with Gasteiger partial charge in [0.1, 0.15) is 0 Å². The zero-order valence-electron chi connectivity index (χ0n) is 8.50. The molecule has 2 rings (SSSR count). The van der Waals surface area contributed by atoms with E-state index in [1.54, 1.807) is 0 Å². The number of nitrogens with one attached hydrogen (secondary N) is 2. The summed E-state index contributed by atoms with van der Waals surface area (Å²) < 4.78 is 0.966. The van der Waals surface area contributed by atoms with Crippen molar-refractivity contribution in [3.05, 3.63) is 28.7 Å². The van der Waals surface area contributed by atoms with Crippen molar-refractivity contribution in [1.82, 2.24) is 5.32 Å². The van der Waals surface area contributed by atoms with Gasteiger partial charge in [0.2, 0.25) is 5.91 Å². The van der Waals surface area contributed by atoms with Crippen LogP contribution in [0, 0.1) is 5.92 Å². The Bertz CT molecular complexity index is 432. The Kier molecular flexibility index (Phi) is 3.56. The third-order valence-electron chi connectivity index (χ3n) is 2.27. The number of benzene rings is 1. The zero-order valence-corrected chi connectivity index (χ0v) is 10.9. The minimum atomic E-state index is 0.0208. The molecule has 1 saturated carbocycles. The van der Waals surface area contributed by atoms with E-state index >= 15 is 0 Å². The Labute approximate surface area is 108 Å². The first-order chi connectivity index (χ1) is 7.65. The van der Waals surface area contributed by atoms with Crippen LogP contribution in [0.2, 0.25) is 0 Å². The summed E-state index contributed by atoms with van der Waals surface area (Å²) >= 11 is 8.41. The second-order valence-corrected chi connectivity index (χ2v) is 5.05. The summed E-state index contributed by atoms with van der Waals surface area (Å²) in [5, 5.41) is 6.00. The van der Waals surface area contributed by atoms with E-state index in [-0.39, 0.29) is 11.8 Å². The number of thiocarbonyl (C=S) groups is 1. The molecule has 0 spiro atoms. The van der Waals surface area contributed by atoms with E-state index in [2.05, 4.69) is 26.6 Å². The molecular formula is C11H11BrN2OS. The van der Waals surface area contributed by atoms with Crippen molar-refractivity contribution in [3.8, 4) is 0 Å². The van der Waals surface area contributed by atoms with E-state index in [1.807, 2.05) is 24.3 Å². The highest BCUT2D eigenvalue weighted by Gasteiger charge is 2.29. The highest BCUT2D eigenvalue weighted by Crippen LogP contribution is 2.28. The largest absolute Gasteiger partial charge is 0.332 e. The summed E-state index contributed by atoms with van der Waals surface area (Å²) in [4.78, 5) is 11.4. The van der Waals surface area contributed by atoms with Gasteiger partial charge in [0.15, 0.2) is 5.11 Å². The van der Waals surface area contributed by atoms with Crippen LogP contribution in [-0.2, 0) is 4.79 Å². The highest BCUT2D eigenvalue weighted by atomic mass is 79.9. The lowest BCUT2D eigenvalue weighted by atomic mass is 10.3. The van der Waals surface area contributed by atoms with E-state index in [1.165, 1.54) is 0 Å². The third-order valence-corrected chi connectivity index (χ3v) is 2.96. The van der Waals surface area contributed by atoms with Crippen molar-refractivity contribution in [2.45, 2.75) is 12.8 Å². The Hall–Kier alpha value is -0.940. The molecule has 1 aromatic rings. The van der Waals surface area contributed by atoms with Gasteiger partial charge in [-0.1, -0.05) is 22.0 Å². The smallest absolute Gasteiger partial charge is 0.229 e. The summed E-state index contributed by atoms with van der Waals surface area (Å²) in [7, 11) is 0. The van der Waals surface area contributed by atoms with Crippen molar-refractivity contribution < 1.29 is 4.79 Å². The first-order valence-corrected chi connectivity index (χ1v) is 6.23. The number of anilines is 1. The molecule has 1 amide bonds. The molecule has 0 heterocycles. The lowest BCUT2D eigenvalue weighted by Gasteiger charge is -2.09. The lowest BCUT2D eigenvalue weighted by molar-refractivity contribution is -0.120. The number of hydrogen-bond acceptors (Lipinski definition) is 2. The first kappa shape index (κ1) is 11.5. The maximum absolute atomic E-state index is 11.4. The van der Waals surface area contributed by atoms with Gasteiger partial charge in [0.25, 0.3) is 0 Å². The van der Waals surface area contributed by atoms with Crippen LogP contribution in [0.15, 0.2) is 28.7 Å². The predicted molar refractivity (Wildman–Crippen MR) is 71.2 cm³/mol. The minimum Gasteiger partial charge on any atom is -0.332 e. The summed E-state index contributed by atoms with van der Waals surface area (Å²) in [5.41, 5.74) is 0.857. The van der Waals surface area contributed by atoms with Gasteiger partial charge >= 0.3 is 0 Å². The van der Waals surface area contributed by atoms with E-state index in [0.717, 1.165) is 23.0 Å². The van der Waals surface area contributed by atoms with Crippen LogP contribution in [0.3, 0.4) is 0 Å². The van der Waals surface area contributed by atoms with Crippen molar-refractivity contribution in [1.29, 1.82) is 0 Å². The van der Waals surface area contributed by atoms with Gasteiger partial charge in [0.05, 0.1) is 0 Å². The van der Waals surface area contributed by atoms with Gasteiger partial charge in [-0.05, 0) is 43.3 Å². The fourth-order valence-corrected chi connectivity index (χ4v) is 1.91. The highest BCUT2D eigenvalue weighted by molar-refractivity contribution is 9.10. The quantitative estimate of drug-likeness (QED) is 0.825. The lowest BCUT2D eigenvalue weighted by Crippen LogP contribution is -2.35. The average molecular weight is 299 g/mol. The van der Waals surface area contributed by atoms with Gasteiger partial charge < -0.3 is 10.6 Å². The topological polar surface area (TPSA) is 41.1 Å². The third kappa shape index (κ3) is 3.28. The number of rotatable bonds is 2. The molecule has 2 N–H and O–H groups in total. The molecule has 5 heteroatoms. The monoisotopic (exact) mass is 298 g/mol. The molecule has 1 aromatic carbocycles. The molecule has 0 unspecified atom stereocenters. The number of carbonyl (C=O) groups is 1. The normalized spacial score (nSPS) is 14.3. The molecule has 1 aliphatic carbocycles. The van der Waals surface area contributed by atoms with Crippen molar-refractivity contribution in [3.63, 3.8) is 0 Å². The van der Waals surface area contributed by atoms with E-state index in [0.29, 0.717) is 5.11 Å². The summed E-state index contributed by atoms with van der Waals surface area (Å²) in [5.74, 6) is 0.190. The van der Waals surface area contributed by atoms with Crippen molar-refractivity contribution in [2.24, 2.45) is 5.92 Å². The predicted octanol–water partition coefficient (Wildman–Crippen LogP) is 2.67. The van der Waals surface area contributed by atoms with Gasteiger partial charge in [-0.3, -0.25) is 4.79 Å². The minimum absolute atomic E-state index is 0.0208. The second-order valence-electron chi connectivity index (χ2n) is 3.73. The number of carbonyl (C=O) groups excluding carboxylic acids is 1. The zero-order chi connectivity index (χ0) is 11.5. The van der Waals surface area contributed by atoms with Crippen LogP contribution in [-0.4, -0.2) is 11.0 Å². The van der Waals surface area contributed by atoms with E-state index in [9.17, 15) is 4.79 Å². The summed E-state index contributed by atoms with van der Waals surface area (Å²) in [6, 6.07) is 7.62. The van der Waals surface area contributed by atoms with Gasteiger partial charge in [-0.2, -0.15) is 0 Å². The molecule has 0 bridgehead atoms. The molecule has 0 saturated heterocycles. The van der Waals surface area contributed by atoms with Crippen LogP contribution in [0.4, 0.5) is 5.69 Å². The Morgan fingerprint density at radius 1 is 1.44 bits per heavy atom. The fourth-order valence-electron chi connectivity index (χ4n) is 1.29. The SMILES string of the molecule is O=C(NC(=S)Nc1cccc(Br)c1)C1CC1. The van der Waals surface area contributed by atoms with Gasteiger partial charge in [-0.15, -0.1) is 0 Å². The summed E-state index contributed by atoms with van der Waals surface area (Å²) in [6.07, 6.45) is 1.96. The Balaban J connectivity index is 1.89. The molecule has 84 valence electrons. The average Bonchev–Trinajstić information content (AvgIpc) is 2.99. The Morgan fingerprint density at radius 3 is 2.81 bits per heavy atom. The van der Waals surface area contributed by atoms with E-state index < -0.39 is 0 Å². The molecule has 1 fully saturated rings. The van der Waals surface area contributed by atoms with Crippen LogP contribution in [0.25, 0.3) is 0 Å². The fraction of sp³-hybridized carbons (Fsp3) is 0.273. The molecule has 0 atom stereocenters. The first-order valence-electron chi connectivity index (χ1n) is 5.02. The standard InChI is InChI=1S/C11H11BrN2OS/c12-8-2-1-3-9(6-8)13-11(16)14-10(15)7-4-5-7/h1-3,6-7H,4-5H2,(H2,13,14,15,16). The Morgan fingerprint density at radius 2 is 2.19 bits per heavy atom. The molecule has 16 heavy (non-hydrogen) atoms. The number of amides is 1. The summed E-state index contributed by atoms with van der Waals surface area (Å²) in [6.45, 7) is 0. The van der Waals surface area contributed by atoms with Crippen LogP contribution < -0.4 is 10.6 Å². The molecule has 0 aliphatic heterocycles. The number of hydrogen-bond donors (Lipinski definition) is 2. The maximum Gasteiger partial charge on any atom is 0.229 e. The van der Waals surface area contributed by atoms with Crippen LogP contribution in [0.5, 0.6) is 0 Å².